The third-order valence-electron chi connectivity index (χ3n) is 4.14. The number of ether oxygens (including phenoxy) is 1. The first kappa shape index (κ1) is 21.9. The molecule has 1 aromatic carbocycles. The quantitative estimate of drug-likeness (QED) is 0.440. The van der Waals surface area contributed by atoms with Crippen molar-refractivity contribution in [1.29, 1.82) is 0 Å². The van der Waals surface area contributed by atoms with Gasteiger partial charge in [0.15, 0.2) is 10.9 Å². The summed E-state index contributed by atoms with van der Waals surface area (Å²) < 4.78 is 6.83. The number of carbonyl (C=O) groups excluding carboxylic acids is 1. The maximum absolute atomic E-state index is 12.6. The lowest BCUT2D eigenvalue weighted by atomic mass is 10.3. The van der Waals surface area contributed by atoms with Crippen LogP contribution in [0.2, 0.25) is 5.02 Å². The van der Waals surface area contributed by atoms with Gasteiger partial charge in [0, 0.05) is 39.6 Å². The van der Waals surface area contributed by atoms with Crippen molar-refractivity contribution in [3.8, 4) is 5.75 Å². The minimum atomic E-state index is -0.253. The van der Waals surface area contributed by atoms with Crippen LogP contribution in [0.5, 0.6) is 5.75 Å². The van der Waals surface area contributed by atoms with Gasteiger partial charge in [-0.2, -0.15) is 0 Å². The topological polar surface area (TPSA) is 86.1 Å². The van der Waals surface area contributed by atoms with Crippen LogP contribution in [0.25, 0.3) is 0 Å². The van der Waals surface area contributed by atoms with Crippen molar-refractivity contribution in [3.63, 3.8) is 0 Å². The Morgan fingerprint density at radius 1 is 1.20 bits per heavy atom. The van der Waals surface area contributed by atoms with Crippen LogP contribution in [0, 0.1) is 13.8 Å². The first-order valence-electron chi connectivity index (χ1n) is 9.12. The number of benzene rings is 1. The summed E-state index contributed by atoms with van der Waals surface area (Å²) in [6.45, 7) is 3.82. The second kappa shape index (κ2) is 9.77. The number of anilines is 1. The molecule has 2 aromatic heterocycles. The number of methoxy groups -OCH3 is 1. The second-order valence-electron chi connectivity index (χ2n) is 6.61. The maximum Gasteiger partial charge on any atom is 0.244 e. The summed E-state index contributed by atoms with van der Waals surface area (Å²) in [5.41, 5.74) is 2.76. The van der Waals surface area contributed by atoms with Crippen molar-refractivity contribution in [2.75, 3.05) is 12.4 Å². The summed E-state index contributed by atoms with van der Waals surface area (Å²) in [5.74, 6) is 0.339. The fraction of sp³-hybridized carbons (Fsp3) is 0.238. The maximum atomic E-state index is 12.6. The van der Waals surface area contributed by atoms with Gasteiger partial charge in [0.25, 0.3) is 0 Å². The highest BCUT2D eigenvalue weighted by Crippen LogP contribution is 2.21. The van der Waals surface area contributed by atoms with Crippen LogP contribution in [-0.4, -0.2) is 27.6 Å². The number of rotatable bonds is 7. The monoisotopic (exact) mass is 444 g/mol. The summed E-state index contributed by atoms with van der Waals surface area (Å²) in [6, 6.07) is 10.3. The van der Waals surface area contributed by atoms with Gasteiger partial charge in [-0.25, -0.2) is 9.97 Å². The predicted molar refractivity (Wildman–Crippen MR) is 118 cm³/mol. The molecule has 7 nitrogen and oxygen atoms in total. The van der Waals surface area contributed by atoms with Gasteiger partial charge in [0.2, 0.25) is 11.3 Å². The molecule has 0 radical (unpaired) electrons. The number of hydrogen-bond donors (Lipinski definition) is 1. The largest absolute Gasteiger partial charge is 0.491 e. The van der Waals surface area contributed by atoms with E-state index in [1.165, 1.54) is 31.1 Å². The third kappa shape index (κ3) is 5.84. The molecule has 3 rings (SSSR count). The number of pyridine rings is 1. The highest BCUT2D eigenvalue weighted by Gasteiger charge is 2.12. The molecule has 30 heavy (non-hydrogen) atoms. The average Bonchev–Trinajstić information content (AvgIpc) is 2.67. The molecule has 0 atom stereocenters. The SMILES string of the molecule is COc1cn(CC(=O)Nc2cccc(Cl)c2)c(CSc2nc(C)cc(C)n2)cc1=O. The lowest BCUT2D eigenvalue weighted by molar-refractivity contribution is -0.116. The van der Waals surface area contributed by atoms with Crippen molar-refractivity contribution in [1.82, 2.24) is 14.5 Å². The Morgan fingerprint density at radius 2 is 1.93 bits per heavy atom. The van der Waals surface area contributed by atoms with E-state index < -0.39 is 0 Å². The molecular formula is C21H21ClN4O3S. The lowest BCUT2D eigenvalue weighted by Crippen LogP contribution is -2.22. The van der Waals surface area contributed by atoms with Crippen molar-refractivity contribution in [2.24, 2.45) is 0 Å². The molecule has 0 saturated heterocycles. The fourth-order valence-electron chi connectivity index (χ4n) is 2.84. The average molecular weight is 445 g/mol. The number of nitrogens with zero attached hydrogens (tertiary/aromatic N) is 3. The van der Waals surface area contributed by atoms with Crippen LogP contribution in [-0.2, 0) is 17.1 Å². The van der Waals surface area contributed by atoms with E-state index >= 15 is 0 Å². The molecule has 156 valence electrons. The standard InChI is InChI=1S/C21H21ClN4O3S/c1-13-7-14(2)24-21(23-13)30-12-17-9-18(27)19(29-3)10-26(17)11-20(28)25-16-6-4-5-15(22)8-16/h4-10H,11-12H2,1-3H3,(H,25,28). The van der Waals surface area contributed by atoms with E-state index in [1.807, 2.05) is 19.9 Å². The molecule has 1 N–H and O–H groups in total. The summed E-state index contributed by atoms with van der Waals surface area (Å²) in [4.78, 5) is 33.6. The first-order chi connectivity index (χ1) is 14.3. The van der Waals surface area contributed by atoms with E-state index in [-0.39, 0.29) is 23.6 Å². The van der Waals surface area contributed by atoms with Crippen LogP contribution < -0.4 is 15.5 Å². The van der Waals surface area contributed by atoms with Gasteiger partial charge < -0.3 is 14.6 Å². The highest BCUT2D eigenvalue weighted by atomic mass is 35.5. The Morgan fingerprint density at radius 3 is 2.60 bits per heavy atom. The van der Waals surface area contributed by atoms with Gasteiger partial charge in [-0.1, -0.05) is 29.4 Å². The molecule has 3 aromatic rings. The number of nitrogens with one attached hydrogen (secondary N) is 1. The minimum Gasteiger partial charge on any atom is -0.491 e. The number of carbonyl (C=O) groups is 1. The molecule has 0 aliphatic rings. The van der Waals surface area contributed by atoms with Crippen LogP contribution in [0.4, 0.5) is 5.69 Å². The Bertz CT molecular complexity index is 1110. The van der Waals surface area contributed by atoms with Crippen molar-refractivity contribution < 1.29 is 9.53 Å². The normalized spacial score (nSPS) is 10.7. The third-order valence-corrected chi connectivity index (χ3v) is 5.25. The number of hydrogen-bond acceptors (Lipinski definition) is 6. The summed E-state index contributed by atoms with van der Waals surface area (Å²) >= 11 is 7.37. The summed E-state index contributed by atoms with van der Waals surface area (Å²) in [6.07, 6.45) is 1.54. The molecule has 0 spiro atoms. The van der Waals surface area contributed by atoms with Crippen LogP contribution >= 0.6 is 23.4 Å². The summed E-state index contributed by atoms with van der Waals surface area (Å²) in [5, 5.41) is 3.95. The zero-order valence-corrected chi connectivity index (χ0v) is 18.4. The van der Waals surface area contributed by atoms with Crippen LogP contribution in [0.1, 0.15) is 17.1 Å². The molecule has 2 heterocycles. The number of halogens is 1. The zero-order chi connectivity index (χ0) is 21.7. The van der Waals surface area contributed by atoms with E-state index in [1.54, 1.807) is 28.8 Å². The van der Waals surface area contributed by atoms with E-state index in [0.717, 1.165) is 11.4 Å². The lowest BCUT2D eigenvalue weighted by Gasteiger charge is -2.15. The van der Waals surface area contributed by atoms with Gasteiger partial charge >= 0.3 is 0 Å². The molecule has 0 unspecified atom stereocenters. The molecule has 0 fully saturated rings. The Kier molecular flexibility index (Phi) is 7.12. The Balaban J connectivity index is 1.81. The van der Waals surface area contributed by atoms with E-state index in [0.29, 0.717) is 27.3 Å². The highest BCUT2D eigenvalue weighted by molar-refractivity contribution is 7.98. The van der Waals surface area contributed by atoms with Crippen LogP contribution in [0.15, 0.2) is 52.5 Å². The molecule has 0 saturated carbocycles. The van der Waals surface area contributed by atoms with Crippen molar-refractivity contribution >= 4 is 35.0 Å². The van der Waals surface area contributed by atoms with Gasteiger partial charge in [0.1, 0.15) is 6.54 Å². The summed E-state index contributed by atoms with van der Waals surface area (Å²) in [7, 11) is 1.42. The molecule has 0 aliphatic carbocycles. The molecule has 0 bridgehead atoms. The molecule has 9 heteroatoms. The smallest absolute Gasteiger partial charge is 0.244 e. The van der Waals surface area contributed by atoms with E-state index in [2.05, 4.69) is 15.3 Å². The van der Waals surface area contributed by atoms with E-state index in [9.17, 15) is 9.59 Å². The predicted octanol–water partition coefficient (Wildman–Crippen LogP) is 3.85. The molecular weight excluding hydrogens is 424 g/mol. The molecule has 1 amide bonds. The Labute approximate surface area is 183 Å². The Hall–Kier alpha value is -2.84. The number of thioether (sulfide) groups is 1. The zero-order valence-electron chi connectivity index (χ0n) is 16.8. The van der Waals surface area contributed by atoms with Crippen molar-refractivity contribution in [2.45, 2.75) is 31.3 Å². The van der Waals surface area contributed by atoms with E-state index in [4.69, 9.17) is 16.3 Å². The van der Waals surface area contributed by atoms with Gasteiger partial charge in [-0.15, -0.1) is 0 Å². The van der Waals surface area contributed by atoms with Crippen LogP contribution in [0.3, 0.4) is 0 Å². The van der Waals surface area contributed by atoms with Gasteiger partial charge in [-0.3, -0.25) is 9.59 Å². The minimum absolute atomic E-state index is 0.00670. The van der Waals surface area contributed by atoms with Gasteiger partial charge in [-0.05, 0) is 38.1 Å². The fourth-order valence-corrected chi connectivity index (χ4v) is 3.97. The van der Waals surface area contributed by atoms with Crippen molar-refractivity contribution in [3.05, 3.63) is 74.9 Å². The number of aryl methyl sites for hydroxylation is 2. The molecule has 0 aliphatic heterocycles. The van der Waals surface area contributed by atoms with Gasteiger partial charge in [0.05, 0.1) is 13.3 Å². The first-order valence-corrected chi connectivity index (χ1v) is 10.5. The second-order valence-corrected chi connectivity index (χ2v) is 7.98. The number of aromatic nitrogens is 3. The number of amides is 1.